The molecule has 0 spiro atoms. The van der Waals surface area contributed by atoms with Crippen LogP contribution in [0, 0.1) is 0 Å². The van der Waals surface area contributed by atoms with Crippen LogP contribution in [0.3, 0.4) is 0 Å². The van der Waals surface area contributed by atoms with Crippen molar-refractivity contribution in [2.24, 2.45) is 4.99 Å². The Balaban J connectivity index is 1.87. The van der Waals surface area contributed by atoms with Gasteiger partial charge in [0.1, 0.15) is 17.3 Å². The van der Waals surface area contributed by atoms with Crippen LogP contribution in [0.1, 0.15) is 5.56 Å². The van der Waals surface area contributed by atoms with E-state index in [1.165, 1.54) is 0 Å². The van der Waals surface area contributed by atoms with Crippen LogP contribution in [0.15, 0.2) is 47.7 Å². The molecular formula is C16H16N4O. The number of amidine groups is 1. The van der Waals surface area contributed by atoms with Gasteiger partial charge in [-0.05, 0) is 12.1 Å². The number of ether oxygens (including phenoxy) is 1. The van der Waals surface area contributed by atoms with Gasteiger partial charge in [0, 0.05) is 38.4 Å². The van der Waals surface area contributed by atoms with Crippen LogP contribution in [-0.2, 0) is 0 Å². The Morgan fingerprint density at radius 3 is 2.81 bits per heavy atom. The lowest BCUT2D eigenvalue weighted by Gasteiger charge is -2.30. The molecule has 2 aliphatic heterocycles. The second kappa shape index (κ2) is 5.18. The summed E-state index contributed by atoms with van der Waals surface area (Å²) in [4.78, 5) is 11.3. The van der Waals surface area contributed by atoms with Crippen molar-refractivity contribution in [3.63, 3.8) is 0 Å². The second-order valence-corrected chi connectivity index (χ2v) is 5.11. The Bertz CT molecular complexity index is 692. The van der Waals surface area contributed by atoms with Crippen LogP contribution in [0.5, 0.6) is 11.5 Å². The van der Waals surface area contributed by atoms with Crippen LogP contribution < -0.4 is 10.1 Å². The summed E-state index contributed by atoms with van der Waals surface area (Å²) in [5, 5.41) is 3.37. The SMILES string of the molecule is c1ccc2c(c1)Oc1ccncc1N=C2N1CCNCC1. The first-order valence-electron chi connectivity index (χ1n) is 7.17. The Kier molecular flexibility index (Phi) is 3.05. The number of nitrogens with one attached hydrogen (secondary N) is 1. The molecule has 1 saturated heterocycles. The fraction of sp³-hybridized carbons (Fsp3) is 0.250. The van der Waals surface area contributed by atoms with E-state index in [0.29, 0.717) is 0 Å². The number of pyridine rings is 1. The Morgan fingerprint density at radius 1 is 1.05 bits per heavy atom. The fourth-order valence-electron chi connectivity index (χ4n) is 2.69. The van der Waals surface area contributed by atoms with Crippen LogP contribution in [0.25, 0.3) is 0 Å². The van der Waals surface area contributed by atoms with Crippen molar-refractivity contribution in [3.8, 4) is 11.5 Å². The van der Waals surface area contributed by atoms with E-state index < -0.39 is 0 Å². The summed E-state index contributed by atoms with van der Waals surface area (Å²) in [6.45, 7) is 3.84. The summed E-state index contributed by atoms with van der Waals surface area (Å²) in [7, 11) is 0. The molecule has 2 aliphatic rings. The Labute approximate surface area is 123 Å². The maximum atomic E-state index is 6.03. The van der Waals surface area contributed by atoms with Gasteiger partial charge in [0.05, 0.1) is 11.8 Å². The predicted octanol–water partition coefficient (Wildman–Crippen LogP) is 2.17. The van der Waals surface area contributed by atoms with Gasteiger partial charge >= 0.3 is 0 Å². The molecule has 4 rings (SSSR count). The first kappa shape index (κ1) is 12.3. The van der Waals surface area contributed by atoms with Gasteiger partial charge in [-0.1, -0.05) is 12.1 Å². The molecule has 5 nitrogen and oxygen atoms in total. The number of para-hydroxylation sites is 1. The van der Waals surface area contributed by atoms with Crippen LogP contribution in [0.4, 0.5) is 5.69 Å². The molecule has 3 heterocycles. The van der Waals surface area contributed by atoms with Gasteiger partial charge in [0.25, 0.3) is 0 Å². The van der Waals surface area contributed by atoms with Gasteiger partial charge in [-0.25, -0.2) is 4.99 Å². The van der Waals surface area contributed by atoms with Gasteiger partial charge in [-0.2, -0.15) is 0 Å². The Morgan fingerprint density at radius 2 is 1.90 bits per heavy atom. The predicted molar refractivity (Wildman–Crippen MR) is 81.4 cm³/mol. The van der Waals surface area contributed by atoms with E-state index in [9.17, 15) is 0 Å². The summed E-state index contributed by atoms with van der Waals surface area (Å²) >= 11 is 0. The van der Waals surface area contributed by atoms with E-state index >= 15 is 0 Å². The third-order valence-corrected chi connectivity index (χ3v) is 3.75. The zero-order valence-corrected chi connectivity index (χ0v) is 11.6. The minimum atomic E-state index is 0.752. The maximum absolute atomic E-state index is 6.03. The van der Waals surface area contributed by atoms with Crippen molar-refractivity contribution in [1.82, 2.24) is 15.2 Å². The summed E-state index contributed by atoms with van der Waals surface area (Å²) in [5.74, 6) is 2.57. The summed E-state index contributed by atoms with van der Waals surface area (Å²) in [6.07, 6.45) is 3.48. The van der Waals surface area contributed by atoms with E-state index in [1.54, 1.807) is 12.4 Å². The molecule has 1 fully saturated rings. The number of rotatable bonds is 0. The molecule has 0 amide bonds. The third kappa shape index (κ3) is 2.25. The Hall–Kier alpha value is -2.40. The van der Waals surface area contributed by atoms with Crippen molar-refractivity contribution in [3.05, 3.63) is 48.3 Å². The smallest absolute Gasteiger partial charge is 0.156 e. The lowest BCUT2D eigenvalue weighted by Crippen LogP contribution is -2.46. The highest BCUT2D eigenvalue weighted by molar-refractivity contribution is 6.03. The van der Waals surface area contributed by atoms with Crippen molar-refractivity contribution in [2.75, 3.05) is 26.2 Å². The molecular weight excluding hydrogens is 264 g/mol. The van der Waals surface area contributed by atoms with Crippen LogP contribution in [0.2, 0.25) is 0 Å². The van der Waals surface area contributed by atoms with Gasteiger partial charge in [0.15, 0.2) is 5.75 Å². The van der Waals surface area contributed by atoms with Crippen molar-refractivity contribution in [1.29, 1.82) is 0 Å². The third-order valence-electron chi connectivity index (χ3n) is 3.75. The van der Waals surface area contributed by atoms with E-state index in [0.717, 1.165) is 54.8 Å². The zero-order valence-electron chi connectivity index (χ0n) is 11.6. The topological polar surface area (TPSA) is 49.8 Å². The van der Waals surface area contributed by atoms with E-state index in [-0.39, 0.29) is 0 Å². The van der Waals surface area contributed by atoms with Crippen molar-refractivity contribution in [2.45, 2.75) is 0 Å². The highest BCUT2D eigenvalue weighted by Crippen LogP contribution is 2.37. The summed E-state index contributed by atoms with van der Waals surface area (Å²) in [5.41, 5.74) is 1.82. The van der Waals surface area contributed by atoms with Gasteiger partial charge in [-0.15, -0.1) is 0 Å². The van der Waals surface area contributed by atoms with Gasteiger partial charge in [0.2, 0.25) is 0 Å². The molecule has 0 bridgehead atoms. The molecule has 1 aromatic carbocycles. The lowest BCUT2D eigenvalue weighted by molar-refractivity contribution is 0.357. The number of aliphatic imine (C=N–C) groups is 1. The molecule has 106 valence electrons. The summed E-state index contributed by atoms with van der Waals surface area (Å²) in [6, 6.07) is 9.92. The number of fused-ring (bicyclic) bond motifs is 2. The number of benzene rings is 1. The second-order valence-electron chi connectivity index (χ2n) is 5.11. The number of nitrogens with zero attached hydrogens (tertiary/aromatic N) is 3. The molecule has 1 N–H and O–H groups in total. The molecule has 2 aromatic rings. The highest BCUT2D eigenvalue weighted by atomic mass is 16.5. The molecule has 0 atom stereocenters. The van der Waals surface area contributed by atoms with E-state index in [2.05, 4.69) is 21.3 Å². The zero-order chi connectivity index (χ0) is 14.1. The molecule has 21 heavy (non-hydrogen) atoms. The van der Waals surface area contributed by atoms with E-state index in [1.807, 2.05) is 24.3 Å². The lowest BCUT2D eigenvalue weighted by atomic mass is 10.1. The van der Waals surface area contributed by atoms with Crippen molar-refractivity contribution >= 4 is 11.5 Å². The van der Waals surface area contributed by atoms with Crippen molar-refractivity contribution < 1.29 is 4.74 Å². The minimum Gasteiger partial charge on any atom is -0.454 e. The maximum Gasteiger partial charge on any atom is 0.156 e. The largest absolute Gasteiger partial charge is 0.454 e. The molecule has 1 aromatic heterocycles. The molecule has 0 aliphatic carbocycles. The minimum absolute atomic E-state index is 0.752. The van der Waals surface area contributed by atoms with E-state index in [4.69, 9.17) is 9.73 Å². The first-order chi connectivity index (χ1) is 10.4. The quantitative estimate of drug-likeness (QED) is 0.803. The average molecular weight is 280 g/mol. The number of aromatic nitrogens is 1. The number of hydrogen-bond donors (Lipinski definition) is 1. The molecule has 0 radical (unpaired) electrons. The number of piperazine rings is 1. The first-order valence-corrected chi connectivity index (χ1v) is 7.17. The molecule has 0 unspecified atom stereocenters. The van der Waals surface area contributed by atoms with Crippen LogP contribution in [-0.4, -0.2) is 41.9 Å². The highest BCUT2D eigenvalue weighted by Gasteiger charge is 2.23. The standard InChI is InChI=1S/C16H16N4O/c1-2-4-14-12(3-1)16(20-9-7-17-8-10-20)19-13-11-18-6-5-15(13)21-14/h1-6,11,17H,7-10H2. The fourth-order valence-corrected chi connectivity index (χ4v) is 2.69. The van der Waals surface area contributed by atoms with Crippen LogP contribution >= 0.6 is 0 Å². The van der Waals surface area contributed by atoms with Gasteiger partial charge < -0.3 is 15.0 Å². The average Bonchev–Trinajstić information content (AvgIpc) is 2.72. The normalized spacial score (nSPS) is 17.1. The molecule has 0 saturated carbocycles. The van der Waals surface area contributed by atoms with Gasteiger partial charge in [-0.3, -0.25) is 4.98 Å². The number of hydrogen-bond acceptors (Lipinski definition) is 5. The monoisotopic (exact) mass is 280 g/mol. The summed E-state index contributed by atoms with van der Waals surface area (Å²) < 4.78 is 6.03. The molecule has 5 heteroatoms.